The van der Waals surface area contributed by atoms with Gasteiger partial charge in [-0.2, -0.15) is 10.3 Å². The van der Waals surface area contributed by atoms with Crippen molar-refractivity contribution in [1.82, 2.24) is 5.06 Å². The highest BCUT2D eigenvalue weighted by Crippen LogP contribution is 2.48. The zero-order valence-electron chi connectivity index (χ0n) is 8.50. The van der Waals surface area contributed by atoms with Crippen LogP contribution in [-0.2, 0) is 4.84 Å². The molecule has 0 radical (unpaired) electrons. The summed E-state index contributed by atoms with van der Waals surface area (Å²) >= 11 is 0. The first-order valence-electron chi connectivity index (χ1n) is 4.83. The molecular formula is C10H16N2O. The third-order valence-corrected chi connectivity index (χ3v) is 3.53. The minimum atomic E-state index is -0.0434. The number of hydrogen-bond donors (Lipinski definition) is 0. The highest BCUT2D eigenvalue weighted by Gasteiger charge is 2.57. The molecule has 0 aromatic heterocycles. The van der Waals surface area contributed by atoms with Gasteiger partial charge in [-0.15, -0.1) is 0 Å². The Hall–Kier alpha value is -0.590. The van der Waals surface area contributed by atoms with Gasteiger partial charge in [0.15, 0.2) is 0 Å². The van der Waals surface area contributed by atoms with Crippen molar-refractivity contribution in [2.45, 2.75) is 44.7 Å². The van der Waals surface area contributed by atoms with E-state index in [1.807, 2.05) is 5.06 Å². The summed E-state index contributed by atoms with van der Waals surface area (Å²) in [5.41, 5.74) is 0.0542. The maximum absolute atomic E-state index is 8.99. The molecule has 3 nitrogen and oxygen atoms in total. The normalized spacial score (nSPS) is 43.1. The molecule has 13 heavy (non-hydrogen) atoms. The van der Waals surface area contributed by atoms with E-state index >= 15 is 0 Å². The fraction of sp³-hybridized carbons (Fsp3) is 0.900. The maximum Gasteiger partial charge on any atom is 0.0921 e. The third kappa shape index (κ3) is 1.02. The van der Waals surface area contributed by atoms with Crippen LogP contribution in [0.3, 0.4) is 0 Å². The summed E-state index contributed by atoms with van der Waals surface area (Å²) in [5.74, 6) is 0.0364. The topological polar surface area (TPSA) is 36.3 Å². The number of hydrogen-bond acceptors (Lipinski definition) is 3. The lowest BCUT2D eigenvalue weighted by atomic mass is 9.87. The first kappa shape index (κ1) is 8.98. The minimum absolute atomic E-state index is 0.0364. The molecule has 2 aliphatic rings. The Morgan fingerprint density at radius 2 is 2.08 bits per heavy atom. The lowest BCUT2D eigenvalue weighted by Gasteiger charge is -2.34. The van der Waals surface area contributed by atoms with Gasteiger partial charge in [0, 0.05) is 5.54 Å². The second kappa shape index (κ2) is 2.46. The summed E-state index contributed by atoms with van der Waals surface area (Å²) in [6, 6.07) is 2.35. The van der Waals surface area contributed by atoms with E-state index in [1.54, 1.807) is 0 Å². The van der Waals surface area contributed by atoms with Gasteiger partial charge in [0.2, 0.25) is 0 Å². The molecule has 0 N–H and O–H groups in total. The summed E-state index contributed by atoms with van der Waals surface area (Å²) in [6.07, 6.45) is 2.18. The number of rotatable bonds is 0. The molecule has 2 atom stereocenters. The highest BCUT2D eigenvalue weighted by molar-refractivity contribution is 5.11. The summed E-state index contributed by atoms with van der Waals surface area (Å²) in [7, 11) is 0. The zero-order valence-corrected chi connectivity index (χ0v) is 8.50. The van der Waals surface area contributed by atoms with Crippen LogP contribution in [-0.4, -0.2) is 22.7 Å². The molecule has 2 fully saturated rings. The van der Waals surface area contributed by atoms with Crippen LogP contribution < -0.4 is 0 Å². The van der Waals surface area contributed by atoms with Crippen LogP contribution in [0.25, 0.3) is 0 Å². The first-order valence-corrected chi connectivity index (χ1v) is 4.83. The summed E-state index contributed by atoms with van der Waals surface area (Å²) in [4.78, 5) is 5.61. The number of fused-ring (bicyclic) bond motifs is 1. The first-order chi connectivity index (χ1) is 6.00. The number of nitriles is 1. The molecule has 0 bridgehead atoms. The SMILES string of the molecule is CC1(C)CCC2(C)C(C#N)CON12. The molecule has 2 unspecified atom stereocenters. The average Bonchev–Trinajstić information content (AvgIpc) is 2.49. The monoisotopic (exact) mass is 180 g/mol. The predicted octanol–water partition coefficient (Wildman–Crippen LogP) is 1.70. The smallest absolute Gasteiger partial charge is 0.0921 e. The van der Waals surface area contributed by atoms with E-state index in [2.05, 4.69) is 26.8 Å². The van der Waals surface area contributed by atoms with Crippen molar-refractivity contribution in [3.8, 4) is 6.07 Å². The largest absolute Gasteiger partial charge is 0.296 e. The molecule has 0 spiro atoms. The van der Waals surface area contributed by atoms with E-state index in [9.17, 15) is 0 Å². The second-order valence-electron chi connectivity index (χ2n) is 4.94. The molecule has 2 aliphatic heterocycles. The number of hydroxylamine groups is 2. The Kier molecular flexibility index (Phi) is 1.70. The Balaban J connectivity index is 2.32. The molecule has 0 aliphatic carbocycles. The Morgan fingerprint density at radius 1 is 1.38 bits per heavy atom. The van der Waals surface area contributed by atoms with Crippen molar-refractivity contribution in [3.05, 3.63) is 0 Å². The van der Waals surface area contributed by atoms with Crippen molar-refractivity contribution in [2.24, 2.45) is 5.92 Å². The van der Waals surface area contributed by atoms with Crippen LogP contribution in [0.4, 0.5) is 0 Å². The summed E-state index contributed by atoms with van der Waals surface area (Å²) in [5, 5.41) is 11.0. The van der Waals surface area contributed by atoms with E-state index in [1.165, 1.54) is 0 Å². The molecule has 2 rings (SSSR count). The number of nitrogens with zero attached hydrogens (tertiary/aromatic N) is 2. The van der Waals surface area contributed by atoms with Gasteiger partial charge in [-0.1, -0.05) is 0 Å². The maximum atomic E-state index is 8.99. The molecule has 3 heteroatoms. The van der Waals surface area contributed by atoms with E-state index in [4.69, 9.17) is 10.1 Å². The van der Waals surface area contributed by atoms with Crippen molar-refractivity contribution < 1.29 is 4.84 Å². The molecule has 0 aromatic rings. The molecular weight excluding hydrogens is 164 g/mol. The predicted molar refractivity (Wildman–Crippen MR) is 48.6 cm³/mol. The summed E-state index contributed by atoms with van der Waals surface area (Å²) in [6.45, 7) is 7.06. The average molecular weight is 180 g/mol. The van der Waals surface area contributed by atoms with E-state index < -0.39 is 0 Å². The van der Waals surface area contributed by atoms with Gasteiger partial charge in [-0.25, -0.2) is 0 Å². The third-order valence-electron chi connectivity index (χ3n) is 3.53. The van der Waals surface area contributed by atoms with Crippen LogP contribution in [0, 0.1) is 17.2 Å². The molecule has 72 valence electrons. The van der Waals surface area contributed by atoms with Crippen molar-refractivity contribution in [1.29, 1.82) is 5.26 Å². The van der Waals surface area contributed by atoms with Gasteiger partial charge >= 0.3 is 0 Å². The standard InChI is InChI=1S/C10H16N2O/c1-9(2)4-5-10(3)8(6-11)7-13-12(9)10/h8H,4-5,7H2,1-3H3. The van der Waals surface area contributed by atoms with E-state index in [-0.39, 0.29) is 17.0 Å². The van der Waals surface area contributed by atoms with Gasteiger partial charge in [-0.3, -0.25) is 4.84 Å². The quantitative estimate of drug-likeness (QED) is 0.569. The Morgan fingerprint density at radius 3 is 2.69 bits per heavy atom. The van der Waals surface area contributed by atoms with Crippen molar-refractivity contribution in [3.63, 3.8) is 0 Å². The van der Waals surface area contributed by atoms with Gasteiger partial charge in [0.25, 0.3) is 0 Å². The van der Waals surface area contributed by atoms with Crippen molar-refractivity contribution >= 4 is 0 Å². The van der Waals surface area contributed by atoms with Crippen LogP contribution in [0.2, 0.25) is 0 Å². The van der Waals surface area contributed by atoms with Gasteiger partial charge in [0.05, 0.1) is 24.1 Å². The van der Waals surface area contributed by atoms with Gasteiger partial charge in [-0.05, 0) is 33.6 Å². The minimum Gasteiger partial charge on any atom is -0.296 e. The van der Waals surface area contributed by atoms with Gasteiger partial charge < -0.3 is 0 Å². The summed E-state index contributed by atoms with van der Waals surface area (Å²) < 4.78 is 0. The Bertz CT molecular complexity index is 269. The fourth-order valence-electron chi connectivity index (χ4n) is 2.60. The van der Waals surface area contributed by atoms with Gasteiger partial charge in [0.1, 0.15) is 0 Å². The van der Waals surface area contributed by atoms with E-state index in [0.29, 0.717) is 6.61 Å². The van der Waals surface area contributed by atoms with Crippen LogP contribution >= 0.6 is 0 Å². The fourth-order valence-corrected chi connectivity index (χ4v) is 2.60. The molecule has 2 saturated heterocycles. The molecule has 0 saturated carbocycles. The molecule has 0 amide bonds. The van der Waals surface area contributed by atoms with Crippen LogP contribution in [0.5, 0.6) is 0 Å². The van der Waals surface area contributed by atoms with Crippen molar-refractivity contribution in [2.75, 3.05) is 6.61 Å². The van der Waals surface area contributed by atoms with Crippen LogP contribution in [0.15, 0.2) is 0 Å². The Labute approximate surface area is 79.2 Å². The zero-order chi connectivity index (χ0) is 9.69. The molecule has 0 aromatic carbocycles. The lowest BCUT2D eigenvalue weighted by Crippen LogP contribution is -2.46. The lowest BCUT2D eigenvalue weighted by molar-refractivity contribution is -0.192. The highest BCUT2D eigenvalue weighted by atomic mass is 16.7. The van der Waals surface area contributed by atoms with Crippen LogP contribution in [0.1, 0.15) is 33.6 Å². The second-order valence-corrected chi connectivity index (χ2v) is 4.94. The molecule has 2 heterocycles. The van der Waals surface area contributed by atoms with E-state index in [0.717, 1.165) is 12.8 Å².